The molecule has 0 bridgehead atoms. The van der Waals surface area contributed by atoms with Crippen LogP contribution in [0.1, 0.15) is 18.6 Å². The van der Waals surface area contributed by atoms with Crippen molar-refractivity contribution in [3.63, 3.8) is 0 Å². The first-order chi connectivity index (χ1) is 14.5. The van der Waals surface area contributed by atoms with E-state index < -0.39 is 17.7 Å². The standard InChI is InChI=1S/C22H28F2N4O2.HI/c1-3-25-22(26-15-21(29)16-4-7-18(30-2)8-5-16)28-12-10-27(11-13-28)20-14-17(23)6-9-19(20)24;/h4-9,14,21,29H,3,10-13,15H2,1-2H3,(H,25,26);1H. The summed E-state index contributed by atoms with van der Waals surface area (Å²) in [6.45, 7) is 5.20. The molecule has 1 fully saturated rings. The molecule has 2 N–H and O–H groups in total. The van der Waals surface area contributed by atoms with Crippen LogP contribution in [0.5, 0.6) is 5.75 Å². The van der Waals surface area contributed by atoms with Crippen LogP contribution in [0.25, 0.3) is 0 Å². The first-order valence-electron chi connectivity index (χ1n) is 10.1. The number of aliphatic imine (C=N–C) groups is 1. The maximum absolute atomic E-state index is 14.1. The summed E-state index contributed by atoms with van der Waals surface area (Å²) < 4.78 is 32.7. The van der Waals surface area contributed by atoms with Gasteiger partial charge in [-0.15, -0.1) is 24.0 Å². The molecule has 0 amide bonds. The zero-order valence-corrected chi connectivity index (χ0v) is 20.1. The molecule has 6 nitrogen and oxygen atoms in total. The Morgan fingerprint density at radius 1 is 1.13 bits per heavy atom. The Labute approximate surface area is 198 Å². The average Bonchev–Trinajstić information content (AvgIpc) is 2.78. The first-order valence-corrected chi connectivity index (χ1v) is 10.1. The molecule has 3 rings (SSSR count). The SMILES string of the molecule is CCNC(=NCC(O)c1ccc(OC)cc1)N1CCN(c2cc(F)ccc2F)CC1.I. The highest BCUT2D eigenvalue weighted by Gasteiger charge is 2.22. The van der Waals surface area contributed by atoms with Crippen molar-refractivity contribution in [2.75, 3.05) is 51.3 Å². The van der Waals surface area contributed by atoms with Crippen LogP contribution in [0.15, 0.2) is 47.5 Å². The van der Waals surface area contributed by atoms with Gasteiger partial charge in [-0.25, -0.2) is 8.78 Å². The van der Waals surface area contributed by atoms with Gasteiger partial charge in [-0.2, -0.15) is 0 Å². The van der Waals surface area contributed by atoms with Crippen LogP contribution in [0, 0.1) is 11.6 Å². The van der Waals surface area contributed by atoms with Crippen LogP contribution in [0.3, 0.4) is 0 Å². The van der Waals surface area contributed by atoms with Crippen LogP contribution in [0.2, 0.25) is 0 Å². The summed E-state index contributed by atoms with van der Waals surface area (Å²) in [4.78, 5) is 8.49. The third-order valence-electron chi connectivity index (χ3n) is 5.08. The molecular weight excluding hydrogens is 517 g/mol. The molecule has 1 saturated heterocycles. The van der Waals surface area contributed by atoms with Crippen molar-refractivity contribution in [2.24, 2.45) is 4.99 Å². The number of guanidine groups is 1. The summed E-state index contributed by atoms with van der Waals surface area (Å²) in [6.07, 6.45) is -0.729. The molecule has 0 aliphatic carbocycles. The van der Waals surface area contributed by atoms with Gasteiger partial charge in [0.25, 0.3) is 0 Å². The number of anilines is 1. The summed E-state index contributed by atoms with van der Waals surface area (Å²) >= 11 is 0. The fourth-order valence-electron chi connectivity index (χ4n) is 3.42. The lowest BCUT2D eigenvalue weighted by Gasteiger charge is -2.37. The second-order valence-electron chi connectivity index (χ2n) is 7.05. The van der Waals surface area contributed by atoms with E-state index in [1.807, 2.05) is 24.0 Å². The maximum atomic E-state index is 14.1. The Bertz CT molecular complexity index is 859. The molecule has 1 atom stereocenters. The van der Waals surface area contributed by atoms with Gasteiger partial charge in [-0.3, -0.25) is 4.99 Å². The fourth-order valence-corrected chi connectivity index (χ4v) is 3.42. The van der Waals surface area contributed by atoms with Crippen LogP contribution in [-0.2, 0) is 0 Å². The third-order valence-corrected chi connectivity index (χ3v) is 5.08. The Balaban J connectivity index is 0.00000341. The second-order valence-corrected chi connectivity index (χ2v) is 7.05. The van der Waals surface area contributed by atoms with Crippen molar-refractivity contribution in [1.29, 1.82) is 0 Å². The number of aliphatic hydroxyl groups is 1. The molecule has 0 aromatic heterocycles. The summed E-state index contributed by atoms with van der Waals surface area (Å²) in [5.41, 5.74) is 1.05. The van der Waals surface area contributed by atoms with E-state index in [0.717, 1.165) is 23.4 Å². The number of methoxy groups -OCH3 is 1. The van der Waals surface area contributed by atoms with Crippen molar-refractivity contribution >= 4 is 35.6 Å². The normalized spacial score (nSPS) is 15.3. The van der Waals surface area contributed by atoms with Gasteiger partial charge in [-0.1, -0.05) is 12.1 Å². The molecule has 0 saturated carbocycles. The highest BCUT2D eigenvalue weighted by Crippen LogP contribution is 2.22. The van der Waals surface area contributed by atoms with Gasteiger partial charge in [0.1, 0.15) is 17.4 Å². The number of hydrogen-bond acceptors (Lipinski definition) is 4. The van der Waals surface area contributed by atoms with Gasteiger partial charge in [0, 0.05) is 38.8 Å². The molecule has 170 valence electrons. The molecule has 1 heterocycles. The molecule has 0 spiro atoms. The predicted octanol–water partition coefficient (Wildman–Crippen LogP) is 3.41. The van der Waals surface area contributed by atoms with E-state index in [2.05, 4.69) is 15.2 Å². The van der Waals surface area contributed by atoms with Gasteiger partial charge < -0.3 is 25.0 Å². The molecular formula is C22H29F2IN4O2. The number of nitrogens with one attached hydrogen (secondary N) is 1. The minimum atomic E-state index is -0.729. The Hall–Kier alpha value is -2.14. The predicted molar refractivity (Wildman–Crippen MR) is 129 cm³/mol. The number of nitrogens with zero attached hydrogens (tertiary/aromatic N) is 3. The van der Waals surface area contributed by atoms with E-state index in [1.165, 1.54) is 6.07 Å². The molecule has 1 unspecified atom stereocenters. The highest BCUT2D eigenvalue weighted by atomic mass is 127. The van der Waals surface area contributed by atoms with E-state index in [-0.39, 0.29) is 36.2 Å². The van der Waals surface area contributed by atoms with E-state index in [9.17, 15) is 13.9 Å². The number of ether oxygens (including phenoxy) is 1. The molecule has 9 heteroatoms. The zero-order valence-electron chi connectivity index (χ0n) is 17.7. The van der Waals surface area contributed by atoms with E-state index in [0.29, 0.717) is 38.7 Å². The lowest BCUT2D eigenvalue weighted by atomic mass is 10.1. The Kier molecular flexibility index (Phi) is 9.76. The third kappa shape index (κ3) is 6.67. The van der Waals surface area contributed by atoms with Gasteiger partial charge in [-0.05, 0) is 36.8 Å². The van der Waals surface area contributed by atoms with Gasteiger partial charge >= 0.3 is 0 Å². The quantitative estimate of drug-likeness (QED) is 0.331. The summed E-state index contributed by atoms with van der Waals surface area (Å²) in [5.74, 6) is 0.559. The summed E-state index contributed by atoms with van der Waals surface area (Å²) in [7, 11) is 1.60. The number of hydrogen-bond donors (Lipinski definition) is 2. The smallest absolute Gasteiger partial charge is 0.194 e. The summed E-state index contributed by atoms with van der Waals surface area (Å²) in [6, 6.07) is 10.8. The maximum Gasteiger partial charge on any atom is 0.194 e. The minimum Gasteiger partial charge on any atom is -0.497 e. The van der Waals surface area contributed by atoms with Gasteiger partial charge in [0.05, 0.1) is 25.4 Å². The molecule has 0 radical (unpaired) electrons. The molecule has 2 aromatic rings. The van der Waals surface area contributed by atoms with Crippen molar-refractivity contribution in [3.8, 4) is 5.75 Å². The highest BCUT2D eigenvalue weighted by molar-refractivity contribution is 14.0. The summed E-state index contributed by atoms with van der Waals surface area (Å²) in [5, 5.41) is 13.7. The van der Waals surface area contributed by atoms with Crippen LogP contribution in [0.4, 0.5) is 14.5 Å². The Morgan fingerprint density at radius 3 is 2.42 bits per heavy atom. The molecule has 2 aromatic carbocycles. The van der Waals surface area contributed by atoms with E-state index in [1.54, 1.807) is 19.2 Å². The van der Waals surface area contributed by atoms with Crippen LogP contribution >= 0.6 is 24.0 Å². The van der Waals surface area contributed by atoms with Gasteiger partial charge in [0.2, 0.25) is 0 Å². The van der Waals surface area contributed by atoms with Crippen molar-refractivity contribution in [1.82, 2.24) is 10.2 Å². The number of rotatable bonds is 6. The largest absolute Gasteiger partial charge is 0.497 e. The van der Waals surface area contributed by atoms with Gasteiger partial charge in [0.15, 0.2) is 5.96 Å². The second kappa shape index (κ2) is 12.0. The average molecular weight is 546 g/mol. The van der Waals surface area contributed by atoms with Crippen LogP contribution in [-0.4, -0.2) is 62.3 Å². The van der Waals surface area contributed by atoms with E-state index >= 15 is 0 Å². The lowest BCUT2D eigenvalue weighted by Crippen LogP contribution is -2.52. The van der Waals surface area contributed by atoms with Crippen LogP contribution < -0.4 is 15.0 Å². The van der Waals surface area contributed by atoms with Crippen molar-refractivity contribution in [3.05, 3.63) is 59.7 Å². The molecule has 1 aliphatic rings. The topological polar surface area (TPSA) is 60.3 Å². The fraction of sp³-hybridized carbons (Fsp3) is 0.409. The molecule has 31 heavy (non-hydrogen) atoms. The number of halogens is 3. The number of piperazine rings is 1. The number of aliphatic hydroxyl groups excluding tert-OH is 1. The number of benzene rings is 2. The Morgan fingerprint density at radius 2 is 1.81 bits per heavy atom. The minimum absolute atomic E-state index is 0. The van der Waals surface area contributed by atoms with Crippen molar-refractivity contribution < 1.29 is 18.6 Å². The first kappa shape index (κ1) is 25.1. The van der Waals surface area contributed by atoms with E-state index in [4.69, 9.17) is 4.74 Å². The lowest BCUT2D eigenvalue weighted by molar-refractivity contribution is 0.186. The monoisotopic (exact) mass is 546 g/mol. The zero-order chi connectivity index (χ0) is 21.5. The molecule has 1 aliphatic heterocycles. The van der Waals surface area contributed by atoms with Crippen molar-refractivity contribution in [2.45, 2.75) is 13.0 Å².